The summed E-state index contributed by atoms with van der Waals surface area (Å²) >= 11 is 0. The van der Waals surface area contributed by atoms with E-state index < -0.39 is 0 Å². The van der Waals surface area contributed by atoms with Gasteiger partial charge in [0.1, 0.15) is 0 Å². The summed E-state index contributed by atoms with van der Waals surface area (Å²) in [6, 6.07) is 13.4. The molecule has 1 aliphatic carbocycles. The fourth-order valence-electron chi connectivity index (χ4n) is 3.69. The Kier molecular flexibility index (Phi) is 4.28. The van der Waals surface area contributed by atoms with Gasteiger partial charge in [-0.25, -0.2) is 0 Å². The first-order valence-corrected chi connectivity index (χ1v) is 8.77. The van der Waals surface area contributed by atoms with Gasteiger partial charge in [-0.3, -0.25) is 10.1 Å². The average Bonchev–Trinajstić information content (AvgIpc) is 2.57. The lowest BCUT2D eigenvalue weighted by atomic mass is 9.63. The minimum absolute atomic E-state index is 0.137. The Hall–Kier alpha value is -2.42. The van der Waals surface area contributed by atoms with E-state index in [-0.39, 0.29) is 21.4 Å². The minimum atomic E-state index is -0.335. The Balaban J connectivity index is 2.00. The summed E-state index contributed by atoms with van der Waals surface area (Å²) in [5.74, 6) is 0. The van der Waals surface area contributed by atoms with E-state index in [1.165, 1.54) is 30.0 Å². The topological polar surface area (TPSA) is 43.1 Å². The number of rotatable bonds is 3. The number of nitro benzene ring substituents is 1. The molecule has 0 unspecified atom stereocenters. The van der Waals surface area contributed by atoms with E-state index in [4.69, 9.17) is 0 Å². The minimum Gasteiger partial charge on any atom is -0.258 e. The monoisotopic (exact) mass is 335 g/mol. The first kappa shape index (κ1) is 17.4. The number of hydrogen-bond donors (Lipinski definition) is 0. The van der Waals surface area contributed by atoms with Crippen LogP contribution in [-0.4, -0.2) is 4.92 Å². The molecule has 0 bridgehead atoms. The van der Waals surface area contributed by atoms with Crippen molar-refractivity contribution in [1.82, 2.24) is 0 Å². The van der Waals surface area contributed by atoms with Crippen LogP contribution in [0.5, 0.6) is 0 Å². The fraction of sp³-hybridized carbons (Fsp3) is 0.364. The molecule has 130 valence electrons. The Morgan fingerprint density at radius 3 is 2.24 bits per heavy atom. The second-order valence-electron chi connectivity index (χ2n) is 8.22. The van der Waals surface area contributed by atoms with Crippen LogP contribution in [0.3, 0.4) is 0 Å². The highest BCUT2D eigenvalue weighted by molar-refractivity contribution is 5.74. The van der Waals surface area contributed by atoms with Crippen molar-refractivity contribution in [2.24, 2.45) is 0 Å². The van der Waals surface area contributed by atoms with Gasteiger partial charge in [-0.1, -0.05) is 64.1 Å². The van der Waals surface area contributed by atoms with Crippen molar-refractivity contribution in [3.63, 3.8) is 0 Å². The summed E-state index contributed by atoms with van der Waals surface area (Å²) < 4.78 is 0. The molecule has 0 saturated heterocycles. The van der Waals surface area contributed by atoms with Gasteiger partial charge in [-0.2, -0.15) is 0 Å². The maximum Gasteiger partial charge on any atom is 0.276 e. The zero-order chi connectivity index (χ0) is 18.2. The molecular weight excluding hydrogens is 310 g/mol. The van der Waals surface area contributed by atoms with Crippen molar-refractivity contribution >= 4 is 17.8 Å². The van der Waals surface area contributed by atoms with Gasteiger partial charge in [0.2, 0.25) is 0 Å². The molecule has 0 aromatic heterocycles. The third-order valence-electron chi connectivity index (χ3n) is 5.47. The highest BCUT2D eigenvalue weighted by Gasteiger charge is 2.36. The van der Waals surface area contributed by atoms with Gasteiger partial charge < -0.3 is 0 Å². The van der Waals surface area contributed by atoms with E-state index >= 15 is 0 Å². The van der Waals surface area contributed by atoms with Gasteiger partial charge in [0.25, 0.3) is 5.69 Å². The Morgan fingerprint density at radius 1 is 0.920 bits per heavy atom. The lowest BCUT2D eigenvalue weighted by Gasteiger charge is -2.42. The van der Waals surface area contributed by atoms with Gasteiger partial charge in [-0.05, 0) is 52.5 Å². The molecule has 1 aliphatic rings. The van der Waals surface area contributed by atoms with Crippen molar-refractivity contribution < 1.29 is 4.92 Å². The molecule has 0 radical (unpaired) electrons. The second-order valence-corrected chi connectivity index (χ2v) is 8.22. The van der Waals surface area contributed by atoms with Crippen LogP contribution < -0.4 is 0 Å². The maximum atomic E-state index is 11.2. The third kappa shape index (κ3) is 3.37. The van der Waals surface area contributed by atoms with Crippen LogP contribution in [0.25, 0.3) is 12.2 Å². The summed E-state index contributed by atoms with van der Waals surface area (Å²) in [6.45, 7) is 9.22. The molecule has 3 nitrogen and oxygen atoms in total. The SMILES string of the molecule is CC1(C)CCC(C)(C)c2cc(/C=C/c3ccccc3[N+](=O)[O-])ccc21. The van der Waals surface area contributed by atoms with E-state index in [1.807, 2.05) is 18.2 Å². The van der Waals surface area contributed by atoms with Crippen LogP contribution in [0, 0.1) is 10.1 Å². The normalized spacial score (nSPS) is 18.1. The van der Waals surface area contributed by atoms with Crippen molar-refractivity contribution in [2.75, 3.05) is 0 Å². The third-order valence-corrected chi connectivity index (χ3v) is 5.47. The Labute approximate surface area is 149 Å². The van der Waals surface area contributed by atoms with E-state index in [0.717, 1.165) is 5.56 Å². The molecule has 0 saturated carbocycles. The van der Waals surface area contributed by atoms with Crippen LogP contribution in [0.2, 0.25) is 0 Å². The van der Waals surface area contributed by atoms with Crippen molar-refractivity contribution in [2.45, 2.75) is 51.4 Å². The summed E-state index contributed by atoms with van der Waals surface area (Å²) in [7, 11) is 0. The lowest BCUT2D eigenvalue weighted by Crippen LogP contribution is -2.33. The molecule has 3 heteroatoms. The van der Waals surface area contributed by atoms with Crippen molar-refractivity contribution in [3.8, 4) is 0 Å². The van der Waals surface area contributed by atoms with E-state index in [1.54, 1.807) is 12.1 Å². The number of benzene rings is 2. The zero-order valence-corrected chi connectivity index (χ0v) is 15.4. The van der Waals surface area contributed by atoms with Gasteiger partial charge in [0, 0.05) is 6.07 Å². The summed E-state index contributed by atoms with van der Waals surface area (Å²) in [5, 5.41) is 11.2. The molecule has 2 aromatic rings. The highest BCUT2D eigenvalue weighted by atomic mass is 16.6. The molecule has 0 atom stereocenters. The largest absolute Gasteiger partial charge is 0.276 e. The molecule has 0 spiro atoms. The van der Waals surface area contributed by atoms with Crippen LogP contribution >= 0.6 is 0 Å². The van der Waals surface area contributed by atoms with Crippen molar-refractivity contribution in [3.05, 3.63) is 74.8 Å². The lowest BCUT2D eigenvalue weighted by molar-refractivity contribution is -0.385. The van der Waals surface area contributed by atoms with Gasteiger partial charge in [-0.15, -0.1) is 0 Å². The van der Waals surface area contributed by atoms with Crippen LogP contribution in [0.1, 0.15) is 62.8 Å². The van der Waals surface area contributed by atoms with E-state index in [9.17, 15) is 10.1 Å². The number of hydrogen-bond acceptors (Lipinski definition) is 2. The number of fused-ring (bicyclic) bond motifs is 1. The molecule has 0 amide bonds. The molecule has 3 rings (SSSR count). The average molecular weight is 335 g/mol. The van der Waals surface area contributed by atoms with Crippen LogP contribution in [0.4, 0.5) is 5.69 Å². The Bertz CT molecular complexity index is 847. The summed E-state index contributed by atoms with van der Waals surface area (Å²) in [5.41, 5.74) is 5.03. The summed E-state index contributed by atoms with van der Waals surface area (Å²) in [4.78, 5) is 10.8. The first-order valence-electron chi connectivity index (χ1n) is 8.77. The number of nitrogens with zero attached hydrogens (tertiary/aromatic N) is 1. The standard InChI is InChI=1S/C22H25NO2/c1-21(2)13-14-22(3,4)19-15-16(10-12-18(19)21)9-11-17-7-5-6-8-20(17)23(24)25/h5-12,15H,13-14H2,1-4H3/b11-9+. The molecule has 0 aliphatic heterocycles. The molecule has 2 aromatic carbocycles. The zero-order valence-electron chi connectivity index (χ0n) is 15.4. The molecule has 0 fully saturated rings. The quantitative estimate of drug-likeness (QED) is 0.385. The van der Waals surface area contributed by atoms with Gasteiger partial charge in [0.05, 0.1) is 10.5 Å². The van der Waals surface area contributed by atoms with Crippen LogP contribution in [0.15, 0.2) is 42.5 Å². The van der Waals surface area contributed by atoms with Crippen molar-refractivity contribution in [1.29, 1.82) is 0 Å². The highest BCUT2D eigenvalue weighted by Crippen LogP contribution is 2.46. The molecule has 0 heterocycles. The fourth-order valence-corrected chi connectivity index (χ4v) is 3.69. The van der Waals surface area contributed by atoms with Crippen LogP contribution in [-0.2, 0) is 10.8 Å². The molecule has 25 heavy (non-hydrogen) atoms. The van der Waals surface area contributed by atoms with Gasteiger partial charge in [0.15, 0.2) is 0 Å². The first-order chi connectivity index (χ1) is 11.7. The maximum absolute atomic E-state index is 11.2. The summed E-state index contributed by atoms with van der Waals surface area (Å²) in [6.07, 6.45) is 6.17. The predicted molar refractivity (Wildman–Crippen MR) is 104 cm³/mol. The van der Waals surface area contributed by atoms with E-state index in [2.05, 4.69) is 45.9 Å². The number of nitro groups is 1. The predicted octanol–water partition coefficient (Wildman–Crippen LogP) is 6.11. The Morgan fingerprint density at radius 2 is 1.56 bits per heavy atom. The second kappa shape index (κ2) is 6.14. The molecular formula is C22H25NO2. The molecule has 0 N–H and O–H groups in total. The number of para-hydroxylation sites is 1. The van der Waals surface area contributed by atoms with E-state index in [0.29, 0.717) is 5.56 Å². The van der Waals surface area contributed by atoms with Gasteiger partial charge >= 0.3 is 0 Å². The smallest absolute Gasteiger partial charge is 0.258 e.